The number of amides is 1. The fraction of sp³-hybridized carbons (Fsp3) is 0.923. The minimum Gasteiger partial charge on any atom is -0.465 e. The molecule has 6 heteroatoms. The lowest BCUT2D eigenvalue weighted by Gasteiger charge is -2.25. The molecule has 0 saturated carbocycles. The zero-order chi connectivity index (χ0) is 13.9. The summed E-state index contributed by atoms with van der Waals surface area (Å²) in [6.07, 6.45) is 3.85. The van der Waals surface area contributed by atoms with Gasteiger partial charge in [-0.1, -0.05) is 0 Å². The first kappa shape index (κ1) is 16.2. The molecule has 1 heterocycles. The van der Waals surface area contributed by atoms with Crippen molar-refractivity contribution in [1.29, 1.82) is 0 Å². The standard InChI is InChI=1S/C13H25NO5/c1-11(19-12-6-2-4-9-18-12)10-17-8-5-3-7-14-13(15)16/h11-12,14H,2-10H2,1H3,(H,15,16). The molecule has 1 aliphatic heterocycles. The second-order valence-corrected chi connectivity index (χ2v) is 4.76. The lowest BCUT2D eigenvalue weighted by molar-refractivity contribution is -0.193. The third-order valence-corrected chi connectivity index (χ3v) is 2.87. The lowest BCUT2D eigenvalue weighted by atomic mass is 10.2. The van der Waals surface area contributed by atoms with E-state index in [2.05, 4.69) is 5.32 Å². The van der Waals surface area contributed by atoms with Crippen molar-refractivity contribution in [3.8, 4) is 0 Å². The van der Waals surface area contributed by atoms with E-state index in [0.717, 1.165) is 38.7 Å². The topological polar surface area (TPSA) is 77.0 Å². The van der Waals surface area contributed by atoms with Crippen molar-refractivity contribution in [3.63, 3.8) is 0 Å². The molecule has 6 nitrogen and oxygen atoms in total. The van der Waals surface area contributed by atoms with Crippen molar-refractivity contribution >= 4 is 6.09 Å². The van der Waals surface area contributed by atoms with E-state index in [1.807, 2.05) is 6.92 Å². The SMILES string of the molecule is CC(COCCCCNC(=O)O)OC1CCCCO1. The van der Waals surface area contributed by atoms with Crippen LogP contribution >= 0.6 is 0 Å². The average Bonchev–Trinajstić information content (AvgIpc) is 2.38. The largest absolute Gasteiger partial charge is 0.465 e. The molecule has 0 radical (unpaired) electrons. The molecular formula is C13H25NO5. The number of hydrogen-bond acceptors (Lipinski definition) is 4. The van der Waals surface area contributed by atoms with Gasteiger partial charge in [0.25, 0.3) is 0 Å². The van der Waals surface area contributed by atoms with E-state index in [1.165, 1.54) is 0 Å². The molecule has 0 aromatic carbocycles. The number of hydrogen-bond donors (Lipinski definition) is 2. The smallest absolute Gasteiger partial charge is 0.404 e. The monoisotopic (exact) mass is 275 g/mol. The lowest BCUT2D eigenvalue weighted by Crippen LogP contribution is -2.29. The number of ether oxygens (including phenoxy) is 3. The van der Waals surface area contributed by atoms with Crippen LogP contribution in [0.4, 0.5) is 4.79 Å². The van der Waals surface area contributed by atoms with E-state index in [9.17, 15) is 4.79 Å². The fourth-order valence-corrected chi connectivity index (χ4v) is 1.89. The van der Waals surface area contributed by atoms with Crippen molar-refractivity contribution in [3.05, 3.63) is 0 Å². The molecular weight excluding hydrogens is 250 g/mol. The van der Waals surface area contributed by atoms with Crippen LogP contribution in [0.3, 0.4) is 0 Å². The second kappa shape index (κ2) is 10.00. The highest BCUT2D eigenvalue weighted by atomic mass is 16.7. The molecule has 112 valence electrons. The number of carboxylic acid groups (broad SMARTS) is 1. The van der Waals surface area contributed by atoms with Crippen LogP contribution in [0.1, 0.15) is 39.0 Å². The van der Waals surface area contributed by atoms with Gasteiger partial charge in [-0.3, -0.25) is 0 Å². The van der Waals surface area contributed by atoms with Gasteiger partial charge in [0, 0.05) is 19.8 Å². The van der Waals surface area contributed by atoms with Gasteiger partial charge < -0.3 is 24.6 Å². The number of rotatable bonds is 9. The highest BCUT2D eigenvalue weighted by Crippen LogP contribution is 2.15. The average molecular weight is 275 g/mol. The molecule has 2 N–H and O–H groups in total. The molecule has 1 rings (SSSR count). The van der Waals surface area contributed by atoms with Crippen LogP contribution in [-0.4, -0.2) is 50.0 Å². The van der Waals surface area contributed by atoms with Gasteiger partial charge in [-0.15, -0.1) is 0 Å². The fourth-order valence-electron chi connectivity index (χ4n) is 1.89. The Morgan fingerprint density at radius 3 is 3.00 bits per heavy atom. The Bertz CT molecular complexity index is 243. The van der Waals surface area contributed by atoms with Crippen LogP contribution in [0.5, 0.6) is 0 Å². The first-order chi connectivity index (χ1) is 9.18. The summed E-state index contributed by atoms with van der Waals surface area (Å²) in [7, 11) is 0. The molecule has 2 atom stereocenters. The zero-order valence-electron chi connectivity index (χ0n) is 11.6. The Hall–Kier alpha value is -0.850. The second-order valence-electron chi connectivity index (χ2n) is 4.76. The molecule has 1 fully saturated rings. The molecule has 1 amide bonds. The van der Waals surface area contributed by atoms with Crippen LogP contribution < -0.4 is 5.32 Å². The van der Waals surface area contributed by atoms with Crippen molar-refractivity contribution in [2.75, 3.05) is 26.4 Å². The van der Waals surface area contributed by atoms with Gasteiger partial charge in [-0.25, -0.2) is 4.79 Å². The van der Waals surface area contributed by atoms with Crippen molar-refractivity contribution in [2.24, 2.45) is 0 Å². The minimum absolute atomic E-state index is 0.0280. The van der Waals surface area contributed by atoms with Crippen LogP contribution in [0, 0.1) is 0 Å². The van der Waals surface area contributed by atoms with E-state index < -0.39 is 6.09 Å². The van der Waals surface area contributed by atoms with E-state index in [0.29, 0.717) is 19.8 Å². The van der Waals surface area contributed by atoms with Gasteiger partial charge in [0.1, 0.15) is 0 Å². The molecule has 2 unspecified atom stereocenters. The molecule has 0 spiro atoms. The summed E-state index contributed by atoms with van der Waals surface area (Å²) in [5, 5.41) is 10.7. The maximum Gasteiger partial charge on any atom is 0.404 e. The molecule has 0 aromatic rings. The molecule has 0 aliphatic carbocycles. The maximum atomic E-state index is 10.2. The Kier molecular flexibility index (Phi) is 8.53. The van der Waals surface area contributed by atoms with E-state index in [4.69, 9.17) is 19.3 Å². The van der Waals surface area contributed by atoms with E-state index in [1.54, 1.807) is 0 Å². The Morgan fingerprint density at radius 2 is 2.32 bits per heavy atom. The quantitative estimate of drug-likeness (QED) is 0.629. The summed E-state index contributed by atoms with van der Waals surface area (Å²) in [6, 6.07) is 0. The third kappa shape index (κ3) is 8.80. The highest BCUT2D eigenvalue weighted by molar-refractivity contribution is 5.64. The molecule has 0 aromatic heterocycles. The normalized spacial score (nSPS) is 21.0. The number of nitrogens with one attached hydrogen (secondary N) is 1. The van der Waals surface area contributed by atoms with E-state index in [-0.39, 0.29) is 12.4 Å². The van der Waals surface area contributed by atoms with Crippen molar-refractivity contribution in [1.82, 2.24) is 5.32 Å². The maximum absolute atomic E-state index is 10.2. The van der Waals surface area contributed by atoms with Gasteiger partial charge in [-0.05, 0) is 39.0 Å². The first-order valence-electron chi connectivity index (χ1n) is 7.00. The number of carbonyl (C=O) groups is 1. The summed E-state index contributed by atoms with van der Waals surface area (Å²) < 4.78 is 16.7. The molecule has 1 saturated heterocycles. The molecule has 19 heavy (non-hydrogen) atoms. The van der Waals surface area contributed by atoms with Crippen molar-refractivity contribution in [2.45, 2.75) is 51.4 Å². The van der Waals surface area contributed by atoms with Gasteiger partial charge in [-0.2, -0.15) is 0 Å². The summed E-state index contributed by atoms with van der Waals surface area (Å²) >= 11 is 0. The van der Waals surface area contributed by atoms with Crippen LogP contribution in [0.25, 0.3) is 0 Å². The van der Waals surface area contributed by atoms with Gasteiger partial charge in [0.05, 0.1) is 12.7 Å². The minimum atomic E-state index is -0.976. The Balaban J connectivity index is 1.89. The van der Waals surface area contributed by atoms with Gasteiger partial charge in [0.15, 0.2) is 6.29 Å². The van der Waals surface area contributed by atoms with Gasteiger partial charge in [0.2, 0.25) is 0 Å². The summed E-state index contributed by atoms with van der Waals surface area (Å²) in [5.74, 6) is 0. The third-order valence-electron chi connectivity index (χ3n) is 2.87. The molecule has 0 bridgehead atoms. The van der Waals surface area contributed by atoms with Crippen LogP contribution in [0.2, 0.25) is 0 Å². The van der Waals surface area contributed by atoms with Gasteiger partial charge >= 0.3 is 6.09 Å². The first-order valence-corrected chi connectivity index (χ1v) is 7.00. The predicted molar refractivity (Wildman–Crippen MR) is 70.2 cm³/mol. The van der Waals surface area contributed by atoms with Crippen LogP contribution in [0.15, 0.2) is 0 Å². The summed E-state index contributed by atoms with van der Waals surface area (Å²) in [6.45, 7) is 4.41. The Morgan fingerprint density at radius 1 is 1.47 bits per heavy atom. The Labute approximate surface area is 114 Å². The predicted octanol–water partition coefficient (Wildman–Crippen LogP) is 1.98. The molecule has 1 aliphatic rings. The highest BCUT2D eigenvalue weighted by Gasteiger charge is 2.17. The summed E-state index contributed by atoms with van der Waals surface area (Å²) in [5.41, 5.74) is 0. The van der Waals surface area contributed by atoms with E-state index >= 15 is 0 Å². The number of unbranched alkanes of at least 4 members (excludes halogenated alkanes) is 1. The van der Waals surface area contributed by atoms with Crippen molar-refractivity contribution < 1.29 is 24.1 Å². The zero-order valence-corrected chi connectivity index (χ0v) is 11.6. The van der Waals surface area contributed by atoms with Crippen LogP contribution in [-0.2, 0) is 14.2 Å². The summed E-state index contributed by atoms with van der Waals surface area (Å²) in [4.78, 5) is 10.2.